The molecule has 0 aliphatic rings. The number of rotatable bonds is 4. The molecule has 0 heterocycles. The second-order valence-electron chi connectivity index (χ2n) is 2.98. The topological polar surface area (TPSA) is 107 Å². The number of ether oxygens (including phenoxy) is 1. The fraction of sp³-hybridized carbons (Fsp3) is 0.400. The van der Waals surface area contributed by atoms with Crippen LogP contribution in [0.15, 0.2) is 29.2 Å². The van der Waals surface area contributed by atoms with Crippen molar-refractivity contribution in [3.05, 3.63) is 34.4 Å². The lowest BCUT2D eigenvalue weighted by Crippen LogP contribution is -2.02. The van der Waals surface area contributed by atoms with Gasteiger partial charge >= 0.3 is 10.1 Å². The fourth-order valence-electron chi connectivity index (χ4n) is 1.03. The average Bonchev–Trinajstić information content (AvgIpc) is 2.30. The number of nitro groups is 1. The molecule has 0 unspecified atom stereocenters. The monoisotopic (exact) mass is 277 g/mol. The van der Waals surface area contributed by atoms with E-state index in [1.54, 1.807) is 0 Å². The minimum atomic E-state index is -4.52. The molecule has 0 aliphatic heterocycles. The first kappa shape index (κ1) is 16.5. The van der Waals surface area contributed by atoms with Crippen molar-refractivity contribution in [2.75, 3.05) is 13.2 Å². The van der Waals surface area contributed by atoms with Gasteiger partial charge in [0.05, 0.1) is 4.92 Å². The van der Waals surface area contributed by atoms with Gasteiger partial charge in [0.2, 0.25) is 0 Å². The molecule has 1 rings (SSSR count). The quantitative estimate of drug-likeness (QED) is 0.511. The smallest absolute Gasteiger partial charge is 0.301 e. The molecule has 0 spiro atoms. The van der Waals surface area contributed by atoms with Gasteiger partial charge in [-0.25, -0.2) is 0 Å². The highest BCUT2D eigenvalue weighted by Gasteiger charge is 2.22. The second kappa shape index (κ2) is 7.75. The van der Waals surface area contributed by atoms with Crippen LogP contribution in [-0.4, -0.2) is 31.1 Å². The van der Waals surface area contributed by atoms with Crippen molar-refractivity contribution < 1.29 is 22.6 Å². The Balaban J connectivity index is 0.000000494. The summed E-state index contributed by atoms with van der Waals surface area (Å²) in [4.78, 5) is 8.73. The molecular weight excluding hydrogens is 262 g/mol. The maximum Gasteiger partial charge on any atom is 0.301 e. The van der Waals surface area contributed by atoms with Gasteiger partial charge in [0.25, 0.3) is 5.69 Å². The van der Waals surface area contributed by atoms with Crippen LogP contribution in [0.25, 0.3) is 0 Å². The van der Waals surface area contributed by atoms with Crippen LogP contribution in [0.2, 0.25) is 0 Å². The van der Waals surface area contributed by atoms with Crippen LogP contribution >= 0.6 is 0 Å². The van der Waals surface area contributed by atoms with Crippen LogP contribution in [0.1, 0.15) is 13.8 Å². The normalized spacial score (nSPS) is 10.4. The molecule has 102 valence electrons. The Morgan fingerprint density at radius 1 is 1.28 bits per heavy atom. The lowest BCUT2D eigenvalue weighted by molar-refractivity contribution is -0.387. The lowest BCUT2D eigenvalue weighted by atomic mass is 10.3. The Bertz CT molecular complexity index is 483. The SMILES string of the molecule is CCOCC.O=[N+]([O-])c1ccccc1S(=O)(=O)O. The summed E-state index contributed by atoms with van der Waals surface area (Å²) < 4.78 is 34.6. The Kier molecular flexibility index (Phi) is 7.10. The minimum Gasteiger partial charge on any atom is -0.382 e. The van der Waals surface area contributed by atoms with Crippen molar-refractivity contribution in [2.45, 2.75) is 18.7 Å². The molecule has 1 aromatic rings. The van der Waals surface area contributed by atoms with E-state index in [-0.39, 0.29) is 0 Å². The summed E-state index contributed by atoms with van der Waals surface area (Å²) in [5.74, 6) is 0. The van der Waals surface area contributed by atoms with E-state index in [0.29, 0.717) is 0 Å². The van der Waals surface area contributed by atoms with Crippen LogP contribution in [0, 0.1) is 10.1 Å². The zero-order chi connectivity index (χ0) is 14.2. The predicted molar refractivity (Wildman–Crippen MR) is 65.1 cm³/mol. The zero-order valence-electron chi connectivity index (χ0n) is 10.1. The van der Waals surface area contributed by atoms with Gasteiger partial charge in [-0.3, -0.25) is 14.7 Å². The van der Waals surface area contributed by atoms with E-state index in [1.807, 2.05) is 13.8 Å². The van der Waals surface area contributed by atoms with Gasteiger partial charge in [-0.1, -0.05) is 12.1 Å². The molecule has 1 aromatic carbocycles. The van der Waals surface area contributed by atoms with Crippen LogP contribution in [-0.2, 0) is 14.9 Å². The standard InChI is InChI=1S/C6H5NO5S.C4H10O/c8-7(9)5-3-1-2-4-6(5)13(10,11)12;1-3-5-4-2/h1-4H,(H,10,11,12);3-4H2,1-2H3. The Morgan fingerprint density at radius 2 is 1.78 bits per heavy atom. The predicted octanol–water partition coefficient (Wildman–Crippen LogP) is 1.88. The third-order valence-electron chi connectivity index (χ3n) is 1.75. The third kappa shape index (κ3) is 5.71. The maximum atomic E-state index is 10.6. The van der Waals surface area contributed by atoms with Crippen molar-refractivity contribution in [1.82, 2.24) is 0 Å². The number of benzene rings is 1. The lowest BCUT2D eigenvalue weighted by Gasteiger charge is -1.97. The van der Waals surface area contributed by atoms with Gasteiger partial charge in [0.15, 0.2) is 4.90 Å². The molecule has 0 aromatic heterocycles. The van der Waals surface area contributed by atoms with Crippen molar-refractivity contribution in [2.24, 2.45) is 0 Å². The summed E-state index contributed by atoms with van der Waals surface area (Å²) in [6.45, 7) is 5.67. The number of hydrogen-bond acceptors (Lipinski definition) is 5. The highest BCUT2D eigenvalue weighted by molar-refractivity contribution is 7.86. The molecule has 0 saturated heterocycles. The van der Waals surface area contributed by atoms with Gasteiger partial charge < -0.3 is 4.74 Å². The van der Waals surface area contributed by atoms with Gasteiger partial charge in [0, 0.05) is 19.3 Å². The van der Waals surface area contributed by atoms with E-state index in [0.717, 1.165) is 25.3 Å². The molecule has 7 nitrogen and oxygen atoms in total. The summed E-state index contributed by atoms with van der Waals surface area (Å²) in [5, 5.41) is 10.3. The van der Waals surface area contributed by atoms with E-state index in [4.69, 9.17) is 9.29 Å². The van der Waals surface area contributed by atoms with Crippen molar-refractivity contribution >= 4 is 15.8 Å². The van der Waals surface area contributed by atoms with E-state index in [1.165, 1.54) is 12.1 Å². The molecule has 0 aliphatic carbocycles. The number of para-hydroxylation sites is 1. The van der Waals surface area contributed by atoms with Gasteiger partial charge in [-0.15, -0.1) is 0 Å². The maximum absolute atomic E-state index is 10.6. The number of hydrogen-bond donors (Lipinski definition) is 1. The molecule has 0 fully saturated rings. The van der Waals surface area contributed by atoms with Crippen molar-refractivity contribution in [3.63, 3.8) is 0 Å². The van der Waals surface area contributed by atoms with Crippen LogP contribution in [0.3, 0.4) is 0 Å². The summed E-state index contributed by atoms with van der Waals surface area (Å²) in [7, 11) is -4.52. The largest absolute Gasteiger partial charge is 0.382 e. The molecule has 0 bridgehead atoms. The molecule has 0 amide bonds. The highest BCUT2D eigenvalue weighted by atomic mass is 32.2. The van der Waals surface area contributed by atoms with Crippen molar-refractivity contribution in [1.29, 1.82) is 0 Å². The minimum absolute atomic E-state index is 0.634. The Morgan fingerprint density at radius 3 is 2.06 bits per heavy atom. The first-order chi connectivity index (χ1) is 8.34. The van der Waals surface area contributed by atoms with E-state index in [2.05, 4.69) is 0 Å². The molecular formula is C10H15NO6S. The van der Waals surface area contributed by atoms with E-state index < -0.39 is 25.6 Å². The highest BCUT2D eigenvalue weighted by Crippen LogP contribution is 2.21. The molecule has 1 N–H and O–H groups in total. The Hall–Kier alpha value is -1.51. The Labute approximate surface area is 105 Å². The third-order valence-corrected chi connectivity index (χ3v) is 2.65. The van der Waals surface area contributed by atoms with E-state index in [9.17, 15) is 18.5 Å². The molecule has 18 heavy (non-hydrogen) atoms. The van der Waals surface area contributed by atoms with Gasteiger partial charge in [0.1, 0.15) is 0 Å². The first-order valence-corrected chi connectivity index (χ1v) is 6.57. The van der Waals surface area contributed by atoms with Crippen LogP contribution < -0.4 is 0 Å². The summed E-state index contributed by atoms with van der Waals surface area (Å²) in [6.07, 6.45) is 0. The fourth-order valence-corrected chi connectivity index (χ4v) is 1.69. The molecule has 8 heteroatoms. The van der Waals surface area contributed by atoms with Gasteiger partial charge in [-0.2, -0.15) is 8.42 Å². The molecule has 0 atom stereocenters. The average molecular weight is 277 g/mol. The molecule has 0 radical (unpaired) electrons. The first-order valence-electron chi connectivity index (χ1n) is 5.13. The van der Waals surface area contributed by atoms with Crippen molar-refractivity contribution in [3.8, 4) is 0 Å². The zero-order valence-corrected chi connectivity index (χ0v) is 10.9. The van der Waals surface area contributed by atoms with Gasteiger partial charge in [-0.05, 0) is 19.9 Å². The summed E-state index contributed by atoms with van der Waals surface area (Å²) in [6, 6.07) is 4.57. The summed E-state index contributed by atoms with van der Waals surface area (Å²) in [5.41, 5.74) is -0.634. The molecule has 0 saturated carbocycles. The number of nitrogens with zero attached hydrogens (tertiary/aromatic N) is 1. The second-order valence-corrected chi connectivity index (χ2v) is 4.37. The summed E-state index contributed by atoms with van der Waals surface area (Å²) >= 11 is 0. The van der Waals surface area contributed by atoms with E-state index >= 15 is 0 Å². The van der Waals surface area contributed by atoms with Crippen LogP contribution in [0.5, 0.6) is 0 Å². The number of nitro benzene ring substituents is 1. The van der Waals surface area contributed by atoms with Crippen LogP contribution in [0.4, 0.5) is 5.69 Å².